The lowest BCUT2D eigenvalue weighted by Crippen LogP contribution is -2.34. The van der Waals surface area contributed by atoms with E-state index in [9.17, 15) is 14.4 Å². The van der Waals surface area contributed by atoms with E-state index in [4.69, 9.17) is 0 Å². The van der Waals surface area contributed by atoms with Gasteiger partial charge in [0.25, 0.3) is 11.1 Å². The van der Waals surface area contributed by atoms with Gasteiger partial charge in [0.05, 0.1) is 10.8 Å². The molecule has 0 aliphatic rings. The molecule has 0 saturated heterocycles. The van der Waals surface area contributed by atoms with Gasteiger partial charge in [-0.05, 0) is 49.2 Å². The van der Waals surface area contributed by atoms with E-state index in [1.165, 1.54) is 0 Å². The van der Waals surface area contributed by atoms with E-state index in [1.807, 2.05) is 26.0 Å². The molecular weight excluding hydrogens is 306 g/mol. The van der Waals surface area contributed by atoms with Gasteiger partial charge in [-0.3, -0.25) is 19.5 Å². The molecule has 0 aliphatic heterocycles. The molecule has 0 unspecified atom stereocenters. The van der Waals surface area contributed by atoms with Crippen LogP contribution in [0.1, 0.15) is 11.1 Å². The van der Waals surface area contributed by atoms with Crippen LogP contribution in [0.2, 0.25) is 0 Å². The first-order chi connectivity index (χ1) is 11.5. The van der Waals surface area contributed by atoms with Crippen molar-refractivity contribution < 1.29 is 4.79 Å². The zero-order valence-electron chi connectivity index (χ0n) is 13.4. The van der Waals surface area contributed by atoms with Crippen LogP contribution in [-0.2, 0) is 11.3 Å². The molecule has 6 nitrogen and oxygen atoms in total. The Bertz CT molecular complexity index is 1050. The number of anilines is 1. The number of aromatic amines is 1. The first kappa shape index (κ1) is 15.7. The first-order valence-electron chi connectivity index (χ1n) is 7.54. The largest absolute Gasteiger partial charge is 0.324 e. The Balaban J connectivity index is 1.88. The summed E-state index contributed by atoms with van der Waals surface area (Å²) in [5.74, 6) is -0.383. The highest BCUT2D eigenvalue weighted by molar-refractivity contribution is 5.90. The summed E-state index contributed by atoms with van der Waals surface area (Å²) in [6, 6.07) is 12.1. The monoisotopic (exact) mass is 323 g/mol. The van der Waals surface area contributed by atoms with Gasteiger partial charge in [-0.15, -0.1) is 0 Å². The number of H-pyrrole nitrogens is 1. The third kappa shape index (κ3) is 2.99. The van der Waals surface area contributed by atoms with Crippen LogP contribution >= 0.6 is 0 Å². The lowest BCUT2D eigenvalue weighted by molar-refractivity contribution is -0.117. The number of carbonyl (C=O) groups is 1. The van der Waals surface area contributed by atoms with Crippen LogP contribution in [0.15, 0.2) is 52.1 Å². The molecule has 2 N–H and O–H groups in total. The number of fused-ring (bicyclic) bond motifs is 1. The number of hydrogen-bond donors (Lipinski definition) is 2. The van der Waals surface area contributed by atoms with Gasteiger partial charge in [0, 0.05) is 5.69 Å². The third-order valence-electron chi connectivity index (χ3n) is 3.98. The maximum absolute atomic E-state index is 12.4. The fraction of sp³-hybridized carbons (Fsp3) is 0.167. The van der Waals surface area contributed by atoms with E-state index in [0.29, 0.717) is 16.5 Å². The highest BCUT2D eigenvalue weighted by Crippen LogP contribution is 2.14. The predicted molar refractivity (Wildman–Crippen MR) is 93.4 cm³/mol. The molecule has 0 atom stereocenters. The Labute approximate surface area is 137 Å². The van der Waals surface area contributed by atoms with Crippen LogP contribution in [-0.4, -0.2) is 15.7 Å². The van der Waals surface area contributed by atoms with E-state index >= 15 is 0 Å². The van der Waals surface area contributed by atoms with Gasteiger partial charge in [-0.25, -0.2) is 4.68 Å². The summed E-state index contributed by atoms with van der Waals surface area (Å²) in [5, 5.41) is 5.78. The Morgan fingerprint density at radius 3 is 2.46 bits per heavy atom. The SMILES string of the molecule is Cc1ccc(NC(=O)Cn2[nH]c(=O)c3ccccc3c2=O)cc1C. The minimum Gasteiger partial charge on any atom is -0.324 e. The highest BCUT2D eigenvalue weighted by Gasteiger charge is 2.10. The van der Waals surface area contributed by atoms with E-state index < -0.39 is 11.1 Å². The number of benzene rings is 2. The maximum Gasteiger partial charge on any atom is 0.273 e. The Morgan fingerprint density at radius 1 is 1.04 bits per heavy atom. The zero-order chi connectivity index (χ0) is 17.3. The number of aromatic nitrogens is 2. The van der Waals surface area contributed by atoms with Crippen molar-refractivity contribution in [1.29, 1.82) is 0 Å². The van der Waals surface area contributed by atoms with Crippen LogP contribution in [0.5, 0.6) is 0 Å². The molecule has 1 heterocycles. The average Bonchev–Trinajstić information content (AvgIpc) is 2.56. The third-order valence-corrected chi connectivity index (χ3v) is 3.98. The minimum atomic E-state index is -0.402. The number of carbonyl (C=O) groups excluding carboxylic acids is 1. The molecule has 0 aliphatic carbocycles. The van der Waals surface area contributed by atoms with Crippen molar-refractivity contribution in [1.82, 2.24) is 9.78 Å². The molecule has 2 aromatic carbocycles. The fourth-order valence-electron chi connectivity index (χ4n) is 2.52. The standard InChI is InChI=1S/C18H17N3O3/c1-11-7-8-13(9-12(11)2)19-16(22)10-21-18(24)15-6-4-3-5-14(15)17(23)20-21/h3-9H,10H2,1-2H3,(H,19,22)(H,20,23). The van der Waals surface area contributed by atoms with Crippen molar-refractivity contribution in [3.05, 3.63) is 74.3 Å². The summed E-state index contributed by atoms with van der Waals surface area (Å²) in [5.41, 5.74) is 2.04. The van der Waals surface area contributed by atoms with E-state index in [-0.39, 0.29) is 12.5 Å². The molecule has 122 valence electrons. The molecule has 0 saturated carbocycles. The Hall–Kier alpha value is -3.15. The molecule has 1 aromatic heterocycles. The van der Waals surface area contributed by atoms with Crippen molar-refractivity contribution in [2.75, 3.05) is 5.32 Å². The number of hydrogen-bond acceptors (Lipinski definition) is 3. The van der Waals surface area contributed by atoms with Crippen LogP contribution in [0, 0.1) is 13.8 Å². The Kier molecular flexibility index (Phi) is 4.04. The quantitative estimate of drug-likeness (QED) is 0.772. The summed E-state index contributed by atoms with van der Waals surface area (Å²) in [6.07, 6.45) is 0. The minimum absolute atomic E-state index is 0.258. The zero-order valence-corrected chi connectivity index (χ0v) is 13.4. The Morgan fingerprint density at radius 2 is 1.75 bits per heavy atom. The van der Waals surface area contributed by atoms with Crippen molar-refractivity contribution in [2.45, 2.75) is 20.4 Å². The average molecular weight is 323 g/mol. The number of nitrogens with one attached hydrogen (secondary N) is 2. The second kappa shape index (κ2) is 6.16. The molecule has 0 fully saturated rings. The van der Waals surface area contributed by atoms with Gasteiger partial charge < -0.3 is 5.32 Å². The van der Waals surface area contributed by atoms with Gasteiger partial charge in [-0.1, -0.05) is 18.2 Å². The summed E-state index contributed by atoms with van der Waals surface area (Å²) in [7, 11) is 0. The molecule has 0 spiro atoms. The fourth-order valence-corrected chi connectivity index (χ4v) is 2.52. The van der Waals surface area contributed by atoms with E-state index in [1.54, 1.807) is 30.3 Å². The number of rotatable bonds is 3. The van der Waals surface area contributed by atoms with Crippen molar-refractivity contribution in [2.24, 2.45) is 0 Å². The van der Waals surface area contributed by atoms with E-state index in [2.05, 4.69) is 10.4 Å². The van der Waals surface area contributed by atoms with Crippen LogP contribution in [0.25, 0.3) is 10.8 Å². The summed E-state index contributed by atoms with van der Waals surface area (Å²) >= 11 is 0. The van der Waals surface area contributed by atoms with Crippen LogP contribution in [0.3, 0.4) is 0 Å². The molecule has 1 amide bonds. The molecule has 6 heteroatoms. The smallest absolute Gasteiger partial charge is 0.273 e. The van der Waals surface area contributed by atoms with Gasteiger partial charge >= 0.3 is 0 Å². The lowest BCUT2D eigenvalue weighted by Gasteiger charge is -2.09. The van der Waals surface area contributed by atoms with Gasteiger partial charge in [0.1, 0.15) is 6.54 Å². The molecule has 3 rings (SSSR count). The van der Waals surface area contributed by atoms with Gasteiger partial charge in [-0.2, -0.15) is 0 Å². The number of aryl methyl sites for hydroxylation is 2. The number of nitrogens with zero attached hydrogens (tertiary/aromatic N) is 1. The highest BCUT2D eigenvalue weighted by atomic mass is 16.2. The molecule has 3 aromatic rings. The molecule has 24 heavy (non-hydrogen) atoms. The van der Waals surface area contributed by atoms with Crippen molar-refractivity contribution >= 4 is 22.4 Å². The molecule has 0 bridgehead atoms. The number of amides is 1. The second-order valence-electron chi connectivity index (χ2n) is 5.73. The molecule has 0 radical (unpaired) electrons. The molecular formula is C18H17N3O3. The predicted octanol–water partition coefficient (Wildman–Crippen LogP) is 1.95. The maximum atomic E-state index is 12.4. The topological polar surface area (TPSA) is 84.0 Å². The first-order valence-corrected chi connectivity index (χ1v) is 7.54. The van der Waals surface area contributed by atoms with Crippen LogP contribution < -0.4 is 16.4 Å². The summed E-state index contributed by atoms with van der Waals surface area (Å²) in [4.78, 5) is 36.6. The van der Waals surface area contributed by atoms with Crippen molar-refractivity contribution in [3.63, 3.8) is 0 Å². The van der Waals surface area contributed by atoms with Gasteiger partial charge in [0.2, 0.25) is 5.91 Å². The summed E-state index contributed by atoms with van der Waals surface area (Å²) in [6.45, 7) is 3.68. The lowest BCUT2D eigenvalue weighted by atomic mass is 10.1. The van der Waals surface area contributed by atoms with Crippen LogP contribution in [0.4, 0.5) is 5.69 Å². The second-order valence-corrected chi connectivity index (χ2v) is 5.73. The normalized spacial score (nSPS) is 10.8. The van der Waals surface area contributed by atoms with Gasteiger partial charge in [0.15, 0.2) is 0 Å². The van der Waals surface area contributed by atoms with E-state index in [0.717, 1.165) is 15.8 Å². The van der Waals surface area contributed by atoms with Crippen molar-refractivity contribution in [3.8, 4) is 0 Å². The summed E-state index contributed by atoms with van der Waals surface area (Å²) < 4.78 is 1.03.